The predicted octanol–water partition coefficient (Wildman–Crippen LogP) is 2.88. The number of aliphatic hydroxyl groups excluding tert-OH is 1. The van der Waals surface area contributed by atoms with E-state index < -0.39 is 0 Å². The van der Waals surface area contributed by atoms with Crippen molar-refractivity contribution in [1.82, 2.24) is 0 Å². The summed E-state index contributed by atoms with van der Waals surface area (Å²) < 4.78 is 0. The van der Waals surface area contributed by atoms with Gasteiger partial charge < -0.3 is 5.11 Å². The Hall–Kier alpha value is -0.110. The molecule has 11 heavy (non-hydrogen) atoms. The predicted molar refractivity (Wildman–Crippen MR) is 47.6 cm³/mol. The molecule has 1 aliphatic carbocycles. The first kappa shape index (κ1) is 13.5. The first-order valence-corrected chi connectivity index (χ1v) is 4.41. The number of halogens is 1. The van der Waals surface area contributed by atoms with Crippen molar-refractivity contribution < 1.29 is 9.81 Å². The summed E-state index contributed by atoms with van der Waals surface area (Å²) in [7, 11) is 0. The zero-order chi connectivity index (χ0) is 7.82. The van der Waals surface area contributed by atoms with Crippen LogP contribution in [0.2, 0.25) is 0 Å². The molecule has 0 aliphatic heterocycles. The Kier molecular flexibility index (Phi) is 12.1. The molecule has 0 unspecified atom stereocenters. The Morgan fingerprint density at radius 2 is 0.909 bits per heavy atom. The molecule has 0 heterocycles. The van der Waals surface area contributed by atoms with E-state index in [1.165, 1.54) is 38.5 Å². The van der Waals surface area contributed by atoms with Crippen molar-refractivity contribution in [3.8, 4) is 0 Å². The van der Waals surface area contributed by atoms with Gasteiger partial charge in [-0.2, -0.15) is 0 Å². The fourth-order valence-corrected chi connectivity index (χ4v) is 1.06. The maximum absolute atomic E-state index is 8.06. The van der Waals surface area contributed by atoms with Gasteiger partial charge in [-0.1, -0.05) is 38.5 Å². The van der Waals surface area contributed by atoms with Crippen LogP contribution in [-0.2, 0) is 0 Å². The summed E-state index contributed by atoms with van der Waals surface area (Å²) in [6.45, 7) is 3.44. The largest absolute Gasteiger partial charge is 0.394 e. The molecule has 1 N–H and O–H groups in total. The zero-order valence-corrected chi connectivity index (χ0v) is 7.68. The third kappa shape index (κ3) is 17.7. The van der Waals surface area contributed by atoms with Gasteiger partial charge in [-0.15, -0.1) is 0 Å². The SMILES string of the molecule is C1CCCCC1.CC(C)O.F. The summed E-state index contributed by atoms with van der Waals surface area (Å²) in [5.41, 5.74) is 0. The van der Waals surface area contributed by atoms with Crippen molar-refractivity contribution in [1.29, 1.82) is 0 Å². The summed E-state index contributed by atoms with van der Waals surface area (Å²) in [5, 5.41) is 8.06. The van der Waals surface area contributed by atoms with Gasteiger partial charge in [-0.3, -0.25) is 4.70 Å². The van der Waals surface area contributed by atoms with Crippen molar-refractivity contribution in [3.05, 3.63) is 0 Å². The van der Waals surface area contributed by atoms with Crippen LogP contribution in [0.15, 0.2) is 0 Å². The first-order chi connectivity index (χ1) is 4.73. The second-order valence-electron chi connectivity index (χ2n) is 3.22. The molecular formula is C9H21FO. The molecule has 0 amide bonds. The molecule has 1 nitrogen and oxygen atoms in total. The minimum Gasteiger partial charge on any atom is -0.394 e. The van der Waals surface area contributed by atoms with Gasteiger partial charge in [0.25, 0.3) is 0 Å². The van der Waals surface area contributed by atoms with E-state index in [2.05, 4.69) is 0 Å². The Bertz CT molecular complexity index is 46.3. The fraction of sp³-hybridized carbons (Fsp3) is 1.00. The van der Waals surface area contributed by atoms with Gasteiger partial charge >= 0.3 is 0 Å². The van der Waals surface area contributed by atoms with Gasteiger partial charge in [0.15, 0.2) is 0 Å². The molecule has 0 aromatic heterocycles. The van der Waals surface area contributed by atoms with Crippen LogP contribution in [-0.4, -0.2) is 11.2 Å². The van der Waals surface area contributed by atoms with Crippen molar-refractivity contribution >= 4 is 0 Å². The number of aliphatic hydroxyl groups is 1. The van der Waals surface area contributed by atoms with Crippen LogP contribution in [0.25, 0.3) is 0 Å². The van der Waals surface area contributed by atoms with Crippen LogP contribution in [0, 0.1) is 0 Å². The third-order valence-electron chi connectivity index (χ3n) is 1.50. The van der Waals surface area contributed by atoms with Crippen LogP contribution in [0.3, 0.4) is 0 Å². The van der Waals surface area contributed by atoms with Crippen LogP contribution in [0.4, 0.5) is 4.70 Å². The number of hydrogen-bond acceptors (Lipinski definition) is 1. The van der Waals surface area contributed by atoms with Gasteiger partial charge in [-0.25, -0.2) is 0 Å². The summed E-state index contributed by atoms with van der Waals surface area (Å²) in [5.74, 6) is 0. The Morgan fingerprint density at radius 1 is 0.818 bits per heavy atom. The van der Waals surface area contributed by atoms with Crippen molar-refractivity contribution in [2.75, 3.05) is 0 Å². The quantitative estimate of drug-likeness (QED) is 0.583. The van der Waals surface area contributed by atoms with Crippen LogP contribution >= 0.6 is 0 Å². The van der Waals surface area contributed by atoms with Crippen LogP contribution in [0.5, 0.6) is 0 Å². The molecule has 70 valence electrons. The second-order valence-corrected chi connectivity index (χ2v) is 3.22. The molecule has 0 bridgehead atoms. The summed E-state index contributed by atoms with van der Waals surface area (Å²) in [6.07, 6.45) is 8.83. The normalized spacial score (nSPS) is 16.4. The van der Waals surface area contributed by atoms with Gasteiger partial charge in [0, 0.05) is 6.10 Å². The second kappa shape index (κ2) is 9.89. The average molecular weight is 164 g/mol. The van der Waals surface area contributed by atoms with E-state index in [4.69, 9.17) is 5.11 Å². The van der Waals surface area contributed by atoms with Crippen molar-refractivity contribution in [2.45, 2.75) is 58.5 Å². The van der Waals surface area contributed by atoms with Gasteiger partial charge in [0.05, 0.1) is 0 Å². The molecule has 1 saturated carbocycles. The highest BCUT2D eigenvalue weighted by Gasteiger charge is 1.95. The van der Waals surface area contributed by atoms with Crippen molar-refractivity contribution in [2.24, 2.45) is 0 Å². The molecule has 0 spiro atoms. The molecule has 0 radical (unpaired) electrons. The molecule has 2 heteroatoms. The van der Waals surface area contributed by atoms with Gasteiger partial charge in [0.2, 0.25) is 0 Å². The molecular weight excluding hydrogens is 143 g/mol. The van der Waals surface area contributed by atoms with E-state index in [9.17, 15) is 0 Å². The van der Waals surface area contributed by atoms with E-state index in [1.54, 1.807) is 13.8 Å². The van der Waals surface area contributed by atoms with Gasteiger partial charge in [0.1, 0.15) is 0 Å². The highest BCUT2D eigenvalue weighted by Crippen LogP contribution is 2.15. The minimum absolute atomic E-state index is 0. The van der Waals surface area contributed by atoms with Crippen molar-refractivity contribution in [3.63, 3.8) is 0 Å². The topological polar surface area (TPSA) is 20.2 Å². The molecule has 1 aliphatic rings. The number of hydrogen-bond donors (Lipinski definition) is 1. The smallest absolute Gasteiger partial charge is 0.0483 e. The van der Waals surface area contributed by atoms with Crippen LogP contribution in [0.1, 0.15) is 52.4 Å². The molecule has 0 atom stereocenters. The minimum atomic E-state index is -0.167. The van der Waals surface area contributed by atoms with E-state index in [-0.39, 0.29) is 10.8 Å². The van der Waals surface area contributed by atoms with E-state index in [1.807, 2.05) is 0 Å². The Balaban J connectivity index is 0. The van der Waals surface area contributed by atoms with Crippen LogP contribution < -0.4 is 0 Å². The summed E-state index contributed by atoms with van der Waals surface area (Å²) >= 11 is 0. The molecule has 1 fully saturated rings. The maximum atomic E-state index is 8.06. The fourth-order valence-electron chi connectivity index (χ4n) is 1.06. The lowest BCUT2D eigenvalue weighted by Crippen LogP contribution is -1.85. The monoisotopic (exact) mass is 164 g/mol. The Labute approximate surface area is 69.2 Å². The first-order valence-electron chi connectivity index (χ1n) is 4.41. The van der Waals surface area contributed by atoms with Gasteiger partial charge in [-0.05, 0) is 13.8 Å². The molecule has 0 aromatic rings. The Morgan fingerprint density at radius 3 is 1.00 bits per heavy atom. The zero-order valence-electron chi connectivity index (χ0n) is 7.68. The highest BCUT2D eigenvalue weighted by atomic mass is 19.0. The standard InChI is InChI=1S/C6H12.C3H8O.FH/c1-2-4-6-5-3-1;1-3(2)4;/h1-6H2;3-4H,1-2H3;1H. The molecule has 0 aromatic carbocycles. The lowest BCUT2D eigenvalue weighted by molar-refractivity contribution is 0.216. The third-order valence-corrected chi connectivity index (χ3v) is 1.50. The average Bonchev–Trinajstić information content (AvgIpc) is 1.90. The highest BCUT2D eigenvalue weighted by molar-refractivity contribution is 4.51. The maximum Gasteiger partial charge on any atom is 0.0483 e. The summed E-state index contributed by atoms with van der Waals surface area (Å²) in [6, 6.07) is 0. The molecule has 0 saturated heterocycles. The number of rotatable bonds is 0. The lowest BCUT2D eigenvalue weighted by Gasteiger charge is -2.05. The lowest BCUT2D eigenvalue weighted by atomic mass is 10.0. The van der Waals surface area contributed by atoms with E-state index in [0.717, 1.165) is 0 Å². The molecule has 1 rings (SSSR count). The van der Waals surface area contributed by atoms with E-state index in [0.29, 0.717) is 0 Å². The van der Waals surface area contributed by atoms with E-state index >= 15 is 0 Å². The summed E-state index contributed by atoms with van der Waals surface area (Å²) in [4.78, 5) is 0.